The Morgan fingerprint density at radius 1 is 1.09 bits per heavy atom. The Kier molecular flexibility index (Phi) is 6.67. The second-order valence-electron chi connectivity index (χ2n) is 7.29. The van der Waals surface area contributed by atoms with E-state index in [2.05, 4.69) is 10.5 Å². The first-order valence-corrected chi connectivity index (χ1v) is 10.8. The molecule has 0 unspecified atom stereocenters. The normalized spacial score (nSPS) is 12.5. The van der Waals surface area contributed by atoms with E-state index in [1.807, 2.05) is 32.0 Å². The van der Waals surface area contributed by atoms with Gasteiger partial charge in [0.15, 0.2) is 17.3 Å². The Balaban J connectivity index is 1.42. The molecule has 0 bridgehead atoms. The largest absolute Gasteiger partial charge is 0.491 e. The minimum Gasteiger partial charge on any atom is -0.491 e. The van der Waals surface area contributed by atoms with Gasteiger partial charge in [0.05, 0.1) is 23.9 Å². The average molecular weight is 453 g/mol. The van der Waals surface area contributed by atoms with Crippen molar-refractivity contribution in [2.24, 2.45) is 0 Å². The second-order valence-corrected chi connectivity index (χ2v) is 8.10. The lowest BCUT2D eigenvalue weighted by Crippen LogP contribution is -2.15. The zero-order chi connectivity index (χ0) is 22.5. The maximum Gasteiger partial charge on any atom is 0.162 e. The molecule has 1 aromatic heterocycles. The summed E-state index contributed by atoms with van der Waals surface area (Å²) in [5.41, 5.74) is 10.9. The SMILES string of the molecule is CC(C)Oc1ccc(N)c(C(=N)c2ccnc(NOSc3ccc4c(c3)OCCO4)c2)c1. The van der Waals surface area contributed by atoms with Crippen LogP contribution in [0.3, 0.4) is 0 Å². The van der Waals surface area contributed by atoms with Crippen LogP contribution in [-0.2, 0) is 4.28 Å². The number of nitrogens with two attached hydrogens (primary N) is 1. The lowest BCUT2D eigenvalue weighted by atomic mass is 10.0. The molecule has 2 aromatic carbocycles. The number of pyridine rings is 1. The van der Waals surface area contributed by atoms with Gasteiger partial charge >= 0.3 is 0 Å². The molecule has 0 saturated heterocycles. The molecule has 0 atom stereocenters. The van der Waals surface area contributed by atoms with Crippen molar-refractivity contribution in [1.29, 1.82) is 5.41 Å². The molecule has 3 aromatic rings. The maximum absolute atomic E-state index is 8.62. The third kappa shape index (κ3) is 5.24. The van der Waals surface area contributed by atoms with Gasteiger partial charge in [0.2, 0.25) is 0 Å². The zero-order valence-corrected chi connectivity index (χ0v) is 18.6. The Bertz CT molecular complexity index is 1120. The van der Waals surface area contributed by atoms with E-state index in [-0.39, 0.29) is 11.8 Å². The molecule has 0 fully saturated rings. The molecule has 0 radical (unpaired) electrons. The zero-order valence-electron chi connectivity index (χ0n) is 17.8. The molecular formula is C23H24N4O4S. The number of nitrogens with zero attached hydrogens (tertiary/aromatic N) is 1. The summed E-state index contributed by atoms with van der Waals surface area (Å²) in [5, 5.41) is 8.62. The molecule has 1 aliphatic rings. The van der Waals surface area contributed by atoms with Crippen molar-refractivity contribution in [1.82, 2.24) is 4.98 Å². The molecule has 0 amide bonds. The van der Waals surface area contributed by atoms with Gasteiger partial charge < -0.3 is 19.9 Å². The number of fused-ring (bicyclic) bond motifs is 1. The summed E-state index contributed by atoms with van der Waals surface area (Å²) in [6.07, 6.45) is 1.64. The lowest BCUT2D eigenvalue weighted by Gasteiger charge is -2.18. The van der Waals surface area contributed by atoms with Crippen molar-refractivity contribution in [2.75, 3.05) is 24.4 Å². The van der Waals surface area contributed by atoms with Crippen molar-refractivity contribution >= 4 is 29.3 Å². The predicted octanol–water partition coefficient (Wildman–Crippen LogP) is 4.69. The van der Waals surface area contributed by atoms with Gasteiger partial charge in [-0.3, -0.25) is 5.41 Å². The van der Waals surface area contributed by atoms with Gasteiger partial charge in [-0.25, -0.2) is 10.5 Å². The van der Waals surface area contributed by atoms with Gasteiger partial charge in [-0.1, -0.05) is 0 Å². The van der Waals surface area contributed by atoms with E-state index in [4.69, 9.17) is 29.6 Å². The van der Waals surface area contributed by atoms with Crippen LogP contribution in [0.4, 0.5) is 11.5 Å². The summed E-state index contributed by atoms with van der Waals surface area (Å²) in [6.45, 7) is 4.98. The number of rotatable bonds is 8. The Labute approximate surface area is 190 Å². The summed E-state index contributed by atoms with van der Waals surface area (Å²) in [7, 11) is 0. The van der Waals surface area contributed by atoms with Crippen molar-refractivity contribution in [3.63, 3.8) is 0 Å². The number of hydrogen-bond acceptors (Lipinski definition) is 9. The minimum atomic E-state index is 0.0289. The molecule has 2 heterocycles. The third-order valence-corrected chi connectivity index (χ3v) is 5.13. The maximum atomic E-state index is 8.62. The van der Waals surface area contributed by atoms with Gasteiger partial charge in [0.25, 0.3) is 0 Å². The van der Waals surface area contributed by atoms with Crippen LogP contribution in [0.1, 0.15) is 25.0 Å². The summed E-state index contributed by atoms with van der Waals surface area (Å²) in [6, 6.07) is 14.4. The van der Waals surface area contributed by atoms with Gasteiger partial charge in [0, 0.05) is 27.9 Å². The summed E-state index contributed by atoms with van der Waals surface area (Å²) in [5.74, 6) is 2.55. The van der Waals surface area contributed by atoms with Gasteiger partial charge in [-0.15, -0.1) is 0 Å². The molecule has 0 spiro atoms. The van der Waals surface area contributed by atoms with Gasteiger partial charge in [-0.05, 0) is 62.4 Å². The van der Waals surface area contributed by atoms with Crippen molar-refractivity contribution in [3.05, 3.63) is 65.9 Å². The number of aromatic nitrogens is 1. The number of hydrogen-bond donors (Lipinski definition) is 3. The third-order valence-electron chi connectivity index (χ3n) is 4.51. The molecule has 1 aliphatic heterocycles. The highest BCUT2D eigenvalue weighted by atomic mass is 32.2. The van der Waals surface area contributed by atoms with Crippen LogP contribution in [-0.4, -0.2) is 30.0 Å². The van der Waals surface area contributed by atoms with E-state index in [1.54, 1.807) is 36.5 Å². The Morgan fingerprint density at radius 3 is 2.72 bits per heavy atom. The standard InChI is InChI=1S/C23H24N4O4S/c1-14(2)30-16-3-5-19(24)18(12-16)23(25)15-7-8-26-22(11-15)27-31-32-17-4-6-20-21(13-17)29-10-9-28-20/h3-8,11-14,25H,9-10,24H2,1-2H3,(H,26,27). The van der Waals surface area contributed by atoms with Crippen LogP contribution >= 0.6 is 12.0 Å². The molecule has 166 valence electrons. The van der Waals surface area contributed by atoms with Crippen LogP contribution in [0.25, 0.3) is 0 Å². The van der Waals surface area contributed by atoms with Crippen molar-refractivity contribution in [2.45, 2.75) is 24.8 Å². The quantitative estimate of drug-likeness (QED) is 0.195. The lowest BCUT2D eigenvalue weighted by molar-refractivity contribution is 0.171. The summed E-state index contributed by atoms with van der Waals surface area (Å²) >= 11 is 1.13. The fraction of sp³-hybridized carbons (Fsp3) is 0.217. The molecule has 4 rings (SSSR count). The van der Waals surface area contributed by atoms with Crippen LogP contribution in [0, 0.1) is 5.41 Å². The van der Waals surface area contributed by atoms with E-state index in [0.717, 1.165) is 22.7 Å². The smallest absolute Gasteiger partial charge is 0.162 e. The fourth-order valence-corrected chi connectivity index (χ4v) is 3.58. The first kappa shape index (κ1) is 21.8. The molecule has 8 nitrogen and oxygen atoms in total. The summed E-state index contributed by atoms with van der Waals surface area (Å²) < 4.78 is 22.4. The van der Waals surface area contributed by atoms with E-state index < -0.39 is 0 Å². The highest BCUT2D eigenvalue weighted by molar-refractivity contribution is 7.94. The molecule has 0 saturated carbocycles. The van der Waals surface area contributed by atoms with Gasteiger partial charge in [-0.2, -0.15) is 4.28 Å². The highest BCUT2D eigenvalue weighted by Gasteiger charge is 2.14. The molecule has 4 N–H and O–H groups in total. The number of benzene rings is 2. The average Bonchev–Trinajstić information content (AvgIpc) is 2.80. The second kappa shape index (κ2) is 9.80. The number of nitrogens with one attached hydrogen (secondary N) is 2. The Morgan fingerprint density at radius 2 is 1.91 bits per heavy atom. The molecular weight excluding hydrogens is 428 g/mol. The minimum absolute atomic E-state index is 0.0289. The summed E-state index contributed by atoms with van der Waals surface area (Å²) in [4.78, 5) is 5.10. The monoisotopic (exact) mass is 452 g/mol. The topological polar surface area (TPSA) is 112 Å². The highest BCUT2D eigenvalue weighted by Crippen LogP contribution is 2.34. The van der Waals surface area contributed by atoms with Gasteiger partial charge in [0.1, 0.15) is 19.0 Å². The number of ether oxygens (including phenoxy) is 3. The predicted molar refractivity (Wildman–Crippen MR) is 125 cm³/mol. The molecule has 9 heteroatoms. The van der Waals surface area contributed by atoms with E-state index in [0.29, 0.717) is 47.3 Å². The Hall–Kier alpha value is -3.43. The fourth-order valence-electron chi connectivity index (χ4n) is 3.08. The first-order chi connectivity index (χ1) is 15.5. The van der Waals surface area contributed by atoms with E-state index >= 15 is 0 Å². The van der Waals surface area contributed by atoms with E-state index in [9.17, 15) is 0 Å². The van der Waals surface area contributed by atoms with Crippen LogP contribution in [0.15, 0.2) is 59.6 Å². The molecule has 32 heavy (non-hydrogen) atoms. The van der Waals surface area contributed by atoms with Crippen molar-refractivity contribution in [3.8, 4) is 17.2 Å². The van der Waals surface area contributed by atoms with Crippen LogP contribution < -0.4 is 25.4 Å². The van der Waals surface area contributed by atoms with Crippen molar-refractivity contribution < 1.29 is 18.5 Å². The van der Waals surface area contributed by atoms with E-state index in [1.165, 1.54) is 0 Å². The number of anilines is 2. The van der Waals surface area contributed by atoms with Crippen LogP contribution in [0.2, 0.25) is 0 Å². The number of nitrogen functional groups attached to an aromatic ring is 1. The first-order valence-electron chi connectivity index (χ1n) is 10.1. The van der Waals surface area contributed by atoms with Crippen LogP contribution in [0.5, 0.6) is 17.2 Å². The molecule has 0 aliphatic carbocycles.